The van der Waals surface area contributed by atoms with Crippen molar-refractivity contribution in [1.82, 2.24) is 0 Å². The van der Waals surface area contributed by atoms with Crippen LogP contribution in [0.3, 0.4) is 0 Å². The Labute approximate surface area is 146 Å². The zero-order valence-corrected chi connectivity index (χ0v) is 13.2. The van der Waals surface area contributed by atoms with E-state index in [1.807, 2.05) is 0 Å². The molecule has 0 aromatic heterocycles. The molecule has 0 saturated heterocycles. The number of carboxylic acids is 2. The highest BCUT2D eigenvalue weighted by molar-refractivity contribution is 5.88. The second kappa shape index (κ2) is 6.32. The third kappa shape index (κ3) is 2.88. The Morgan fingerprint density at radius 1 is 0.962 bits per heavy atom. The summed E-state index contributed by atoms with van der Waals surface area (Å²) >= 11 is 0. The minimum Gasteiger partial charge on any atom is -0.504 e. The highest BCUT2D eigenvalue weighted by atomic mass is 16.5. The Kier molecular flexibility index (Phi) is 4.17. The molecule has 0 amide bonds. The van der Waals surface area contributed by atoms with Gasteiger partial charge in [0.1, 0.15) is 12.0 Å². The number of phenolic OH excluding ortho intramolecular Hbond substituents is 3. The van der Waals surface area contributed by atoms with Gasteiger partial charge in [0.05, 0.1) is 0 Å². The molecule has 5 N–H and O–H groups in total. The van der Waals surface area contributed by atoms with E-state index in [0.717, 1.165) is 6.08 Å². The Morgan fingerprint density at radius 3 is 2.27 bits per heavy atom. The fourth-order valence-electron chi connectivity index (χ4n) is 2.93. The van der Waals surface area contributed by atoms with Crippen molar-refractivity contribution in [3.8, 4) is 23.0 Å². The summed E-state index contributed by atoms with van der Waals surface area (Å²) in [5.74, 6) is -4.89. The monoisotopic (exact) mass is 358 g/mol. The molecule has 1 aliphatic heterocycles. The van der Waals surface area contributed by atoms with Crippen LogP contribution in [0.1, 0.15) is 28.7 Å². The molecule has 26 heavy (non-hydrogen) atoms. The number of benzene rings is 2. The lowest BCUT2D eigenvalue weighted by molar-refractivity contribution is -0.140. The minimum absolute atomic E-state index is 0.0671. The van der Waals surface area contributed by atoms with Gasteiger partial charge >= 0.3 is 11.9 Å². The maximum atomic E-state index is 11.9. The Morgan fingerprint density at radius 2 is 1.65 bits per heavy atom. The molecule has 0 bridgehead atoms. The largest absolute Gasteiger partial charge is 0.504 e. The summed E-state index contributed by atoms with van der Waals surface area (Å²) in [5, 5.41) is 47.7. The topological polar surface area (TPSA) is 145 Å². The summed E-state index contributed by atoms with van der Waals surface area (Å²) in [7, 11) is 0. The van der Waals surface area contributed by atoms with Gasteiger partial charge in [0, 0.05) is 11.6 Å². The fraction of sp³-hybridized carbons (Fsp3) is 0.111. The molecular formula is C18H14O8. The molecule has 2 atom stereocenters. The predicted octanol–water partition coefficient (Wildman–Crippen LogP) is 2.20. The molecule has 8 nitrogen and oxygen atoms in total. The van der Waals surface area contributed by atoms with Gasteiger partial charge in [-0.05, 0) is 35.4 Å². The zero-order valence-electron chi connectivity index (χ0n) is 13.2. The predicted molar refractivity (Wildman–Crippen MR) is 88.3 cm³/mol. The molecule has 0 aliphatic carbocycles. The number of hydrogen-bond acceptors (Lipinski definition) is 6. The summed E-state index contributed by atoms with van der Waals surface area (Å²) in [4.78, 5) is 22.7. The zero-order chi connectivity index (χ0) is 19.0. The van der Waals surface area contributed by atoms with Crippen LogP contribution in [0.15, 0.2) is 36.4 Å². The first-order valence-corrected chi connectivity index (χ1v) is 7.47. The SMILES string of the molecule is O=C(O)/C=C\c1ccc(O)c2c1[C@@H](C(=O)O)[C@@H](c1ccc(O)c(O)c1)O2. The summed E-state index contributed by atoms with van der Waals surface area (Å²) in [6.45, 7) is 0. The molecule has 0 unspecified atom stereocenters. The van der Waals surface area contributed by atoms with Crippen molar-refractivity contribution in [3.05, 3.63) is 53.1 Å². The number of carbonyl (C=O) groups is 2. The quantitative estimate of drug-likeness (QED) is 0.413. The van der Waals surface area contributed by atoms with Crippen LogP contribution < -0.4 is 4.74 Å². The number of aromatic hydroxyl groups is 3. The number of ether oxygens (including phenoxy) is 1. The third-order valence-corrected chi connectivity index (χ3v) is 4.07. The van der Waals surface area contributed by atoms with Crippen LogP contribution in [-0.4, -0.2) is 37.5 Å². The minimum atomic E-state index is -1.26. The molecule has 0 saturated carbocycles. The van der Waals surface area contributed by atoms with Crippen molar-refractivity contribution in [2.45, 2.75) is 12.0 Å². The Hall–Kier alpha value is -3.68. The smallest absolute Gasteiger partial charge is 0.328 e. The molecule has 8 heteroatoms. The second-order valence-corrected chi connectivity index (χ2v) is 5.69. The lowest BCUT2D eigenvalue weighted by atomic mass is 9.88. The molecule has 0 radical (unpaired) electrons. The fourth-order valence-corrected chi connectivity index (χ4v) is 2.93. The van der Waals surface area contributed by atoms with Crippen molar-refractivity contribution in [3.63, 3.8) is 0 Å². The molecule has 134 valence electrons. The lowest BCUT2D eigenvalue weighted by Crippen LogP contribution is -2.18. The standard InChI is InChI=1S/C18H14O8/c19-10-4-2-9(7-12(10)21)16-15(18(24)25)14-8(3-6-13(22)23)1-5-11(20)17(14)26-16/h1-7,15-16,19-21H,(H,22,23)(H,24,25)/b6-3-/t15-,16-/m1/s1. The van der Waals surface area contributed by atoms with E-state index < -0.39 is 29.7 Å². The van der Waals surface area contributed by atoms with Gasteiger partial charge in [-0.25, -0.2) is 4.79 Å². The van der Waals surface area contributed by atoms with Crippen molar-refractivity contribution in [2.24, 2.45) is 0 Å². The molecule has 0 spiro atoms. The molecule has 0 fully saturated rings. The van der Waals surface area contributed by atoms with Crippen LogP contribution in [0.4, 0.5) is 0 Å². The molecule has 3 rings (SSSR count). The molecular weight excluding hydrogens is 344 g/mol. The van der Waals surface area contributed by atoms with Crippen molar-refractivity contribution in [2.75, 3.05) is 0 Å². The first-order valence-electron chi connectivity index (χ1n) is 7.47. The van der Waals surface area contributed by atoms with Crippen molar-refractivity contribution < 1.29 is 39.9 Å². The number of carboxylic acid groups (broad SMARTS) is 2. The maximum Gasteiger partial charge on any atom is 0.328 e. The van der Waals surface area contributed by atoms with Crippen LogP contribution >= 0.6 is 0 Å². The van der Waals surface area contributed by atoms with Gasteiger partial charge < -0.3 is 30.3 Å². The van der Waals surface area contributed by atoms with E-state index >= 15 is 0 Å². The van der Waals surface area contributed by atoms with Gasteiger partial charge in [0.2, 0.25) is 0 Å². The lowest BCUT2D eigenvalue weighted by Gasteiger charge is -2.17. The summed E-state index contributed by atoms with van der Waals surface area (Å²) in [6.07, 6.45) is 0.987. The number of phenols is 3. The van der Waals surface area contributed by atoms with E-state index in [0.29, 0.717) is 0 Å². The summed E-state index contributed by atoms with van der Waals surface area (Å²) < 4.78 is 5.64. The van der Waals surface area contributed by atoms with E-state index in [1.54, 1.807) is 0 Å². The van der Waals surface area contributed by atoms with Crippen molar-refractivity contribution >= 4 is 18.0 Å². The van der Waals surface area contributed by atoms with Gasteiger partial charge in [-0.2, -0.15) is 0 Å². The number of rotatable bonds is 4. The van der Waals surface area contributed by atoms with Crippen LogP contribution in [0.5, 0.6) is 23.0 Å². The first-order chi connectivity index (χ1) is 12.3. The molecule has 1 heterocycles. The van der Waals surface area contributed by atoms with E-state index in [9.17, 15) is 30.0 Å². The highest BCUT2D eigenvalue weighted by Crippen LogP contribution is 2.52. The third-order valence-electron chi connectivity index (χ3n) is 4.07. The van der Waals surface area contributed by atoms with Gasteiger partial charge in [-0.1, -0.05) is 12.1 Å². The van der Waals surface area contributed by atoms with Crippen LogP contribution in [0.25, 0.3) is 6.08 Å². The van der Waals surface area contributed by atoms with Crippen molar-refractivity contribution in [1.29, 1.82) is 0 Å². The van der Waals surface area contributed by atoms with E-state index in [1.165, 1.54) is 36.4 Å². The summed E-state index contributed by atoms with van der Waals surface area (Å²) in [6, 6.07) is 6.43. The van der Waals surface area contributed by atoms with Gasteiger partial charge in [-0.3, -0.25) is 4.79 Å². The van der Waals surface area contributed by atoms with E-state index in [2.05, 4.69) is 0 Å². The van der Waals surface area contributed by atoms with E-state index in [4.69, 9.17) is 9.84 Å². The average Bonchev–Trinajstić information content (AvgIpc) is 2.98. The number of fused-ring (bicyclic) bond motifs is 1. The van der Waals surface area contributed by atoms with Crippen LogP contribution in [0.2, 0.25) is 0 Å². The van der Waals surface area contributed by atoms with E-state index in [-0.39, 0.29) is 33.9 Å². The number of hydrogen-bond donors (Lipinski definition) is 5. The Balaban J connectivity index is 2.15. The molecule has 2 aromatic rings. The first kappa shape index (κ1) is 17.2. The van der Waals surface area contributed by atoms with Crippen LogP contribution in [-0.2, 0) is 9.59 Å². The van der Waals surface area contributed by atoms with Gasteiger partial charge in [0.25, 0.3) is 0 Å². The number of aliphatic carboxylic acids is 2. The average molecular weight is 358 g/mol. The molecule has 1 aliphatic rings. The maximum absolute atomic E-state index is 11.9. The Bertz CT molecular complexity index is 931. The normalized spacial score (nSPS) is 18.5. The van der Waals surface area contributed by atoms with Gasteiger partial charge in [-0.15, -0.1) is 0 Å². The molecule has 2 aromatic carbocycles. The van der Waals surface area contributed by atoms with Gasteiger partial charge in [0.15, 0.2) is 23.0 Å². The summed E-state index contributed by atoms with van der Waals surface area (Å²) in [5.41, 5.74) is 0.683. The van der Waals surface area contributed by atoms with Crippen LogP contribution in [0, 0.1) is 0 Å². The highest BCUT2D eigenvalue weighted by Gasteiger charge is 2.43. The second-order valence-electron chi connectivity index (χ2n) is 5.69.